The molecule has 2 aromatic rings. The monoisotopic (exact) mass is 372 g/mol. The summed E-state index contributed by atoms with van der Waals surface area (Å²) >= 11 is 0. The van der Waals surface area contributed by atoms with Gasteiger partial charge in [0.05, 0.1) is 0 Å². The summed E-state index contributed by atoms with van der Waals surface area (Å²) in [5.41, 5.74) is 0.938. The van der Waals surface area contributed by atoms with Crippen LogP contribution >= 0.6 is 0 Å². The first-order chi connectivity index (χ1) is 12.9. The Morgan fingerprint density at radius 2 is 1.30 bits per heavy atom. The van der Waals surface area contributed by atoms with E-state index in [1.165, 1.54) is 6.08 Å². The minimum Gasteiger partial charge on any atom is -0.508 e. The van der Waals surface area contributed by atoms with Gasteiger partial charge in [-0.15, -0.1) is 0 Å². The molecule has 0 radical (unpaired) electrons. The molecule has 0 atom stereocenters. The summed E-state index contributed by atoms with van der Waals surface area (Å²) in [4.78, 5) is 20.8. The van der Waals surface area contributed by atoms with Crippen molar-refractivity contribution in [3.63, 3.8) is 0 Å². The van der Waals surface area contributed by atoms with E-state index >= 15 is 0 Å². The zero-order valence-corrected chi connectivity index (χ0v) is 14.8. The molecule has 0 aliphatic heterocycles. The summed E-state index contributed by atoms with van der Waals surface area (Å²) in [5, 5.41) is 30.3. The average molecular weight is 372 g/mol. The van der Waals surface area contributed by atoms with E-state index in [0.717, 1.165) is 11.6 Å². The van der Waals surface area contributed by atoms with Gasteiger partial charge in [0.25, 0.3) is 0 Å². The Bertz CT molecular complexity index is 700. The van der Waals surface area contributed by atoms with Crippen LogP contribution in [0.1, 0.15) is 5.56 Å². The smallest absolute Gasteiger partial charge is 0.245 e. The van der Waals surface area contributed by atoms with E-state index in [1.807, 2.05) is 6.07 Å². The minimum atomic E-state index is -0.359. The number of phenols is 2. The molecule has 27 heavy (non-hydrogen) atoms. The lowest BCUT2D eigenvalue weighted by Gasteiger charge is -2.01. The zero-order chi connectivity index (χ0) is 20.5. The van der Waals surface area contributed by atoms with E-state index < -0.39 is 0 Å². The molecule has 0 saturated carbocycles. The number of carbonyl (C=O) groups is 2. The predicted molar refractivity (Wildman–Crippen MR) is 104 cm³/mol. The maximum Gasteiger partial charge on any atom is 0.245 e. The number of phenolic OH excluding ortho intramolecular Hbond substituents is 2. The zero-order valence-electron chi connectivity index (χ0n) is 14.8. The van der Waals surface area contributed by atoms with Crippen molar-refractivity contribution in [3.8, 4) is 11.5 Å². The number of aromatic hydroxyl groups is 2. The van der Waals surface area contributed by atoms with E-state index in [2.05, 4.69) is 23.8 Å². The third kappa shape index (κ3) is 13.4. The highest BCUT2D eigenvalue weighted by Gasteiger charge is 1.95. The van der Waals surface area contributed by atoms with Gasteiger partial charge in [-0.2, -0.15) is 0 Å². The maximum atomic E-state index is 10.8. The molecule has 2 aromatic carbocycles. The molecule has 0 aliphatic rings. The number of aliphatic hydroxyl groups is 1. The van der Waals surface area contributed by atoms with Crippen LogP contribution in [0.4, 0.5) is 0 Å². The normalized spacial score (nSPS) is 8.63. The number of amides is 2. The van der Waals surface area contributed by atoms with Gasteiger partial charge in [-0.05, 0) is 42.0 Å². The molecule has 0 unspecified atom stereocenters. The van der Waals surface area contributed by atoms with Gasteiger partial charge >= 0.3 is 0 Å². The highest BCUT2D eigenvalue weighted by molar-refractivity contribution is 5.87. The lowest BCUT2D eigenvalue weighted by atomic mass is 10.2. The number of nitrogens with one attached hydrogen (secondary N) is 2. The number of aliphatic hydroxyl groups excluding tert-OH is 1. The van der Waals surface area contributed by atoms with Gasteiger partial charge in [0.15, 0.2) is 0 Å². The topological polar surface area (TPSA) is 119 Å². The van der Waals surface area contributed by atoms with Crippen molar-refractivity contribution in [2.24, 2.45) is 0 Å². The molecule has 2 amide bonds. The van der Waals surface area contributed by atoms with E-state index in [9.17, 15) is 9.59 Å². The van der Waals surface area contributed by atoms with Gasteiger partial charge in [-0.1, -0.05) is 43.5 Å². The Morgan fingerprint density at radius 1 is 0.815 bits per heavy atom. The molecule has 144 valence electrons. The van der Waals surface area contributed by atoms with Crippen molar-refractivity contribution in [3.05, 3.63) is 85.5 Å². The van der Waals surface area contributed by atoms with Gasteiger partial charge in [-0.3, -0.25) is 9.59 Å². The van der Waals surface area contributed by atoms with E-state index in [1.54, 1.807) is 48.5 Å². The van der Waals surface area contributed by atoms with Crippen LogP contribution in [0, 0.1) is 0 Å². The Morgan fingerprint density at radius 3 is 1.67 bits per heavy atom. The summed E-state index contributed by atoms with van der Waals surface area (Å²) in [5.74, 6) is -0.0168. The summed E-state index contributed by atoms with van der Waals surface area (Å²) < 4.78 is 0. The van der Waals surface area contributed by atoms with Crippen molar-refractivity contribution in [2.75, 3.05) is 6.73 Å². The highest BCUT2D eigenvalue weighted by atomic mass is 16.3. The van der Waals surface area contributed by atoms with Crippen LogP contribution in [0.15, 0.2) is 79.9 Å². The second-order valence-electron chi connectivity index (χ2n) is 4.83. The van der Waals surface area contributed by atoms with Crippen molar-refractivity contribution in [2.45, 2.75) is 6.54 Å². The first kappa shape index (κ1) is 23.4. The molecule has 0 fully saturated rings. The molecule has 0 bridgehead atoms. The van der Waals surface area contributed by atoms with Gasteiger partial charge in [-0.25, -0.2) is 0 Å². The molecular formula is C20H24N2O5. The van der Waals surface area contributed by atoms with Gasteiger partial charge in [0.2, 0.25) is 11.8 Å². The summed E-state index contributed by atoms with van der Waals surface area (Å²) in [6, 6.07) is 15.4. The molecule has 0 aliphatic carbocycles. The minimum absolute atomic E-state index is 0.201. The fraction of sp³-hybridized carbons (Fsp3) is 0.100. The van der Waals surface area contributed by atoms with E-state index in [0.29, 0.717) is 12.3 Å². The van der Waals surface area contributed by atoms with E-state index in [-0.39, 0.29) is 24.3 Å². The Hall–Kier alpha value is -3.58. The molecule has 0 heterocycles. The lowest BCUT2D eigenvalue weighted by molar-refractivity contribution is -0.118. The van der Waals surface area contributed by atoms with Crippen LogP contribution in [0.5, 0.6) is 11.5 Å². The molecule has 0 aromatic heterocycles. The van der Waals surface area contributed by atoms with Crippen LogP contribution in [0.25, 0.3) is 0 Å². The van der Waals surface area contributed by atoms with Gasteiger partial charge in [0.1, 0.15) is 18.2 Å². The van der Waals surface area contributed by atoms with E-state index in [4.69, 9.17) is 15.3 Å². The number of hydrogen-bond acceptors (Lipinski definition) is 5. The standard InChI is InChI=1S/C10H11NO2.C6H6O.C4H7NO2/c1-2-10(13)11-7-8-3-5-9(12)6-4-8;7-6-4-2-1-3-5-6;1-2-4(7)5-3-6/h2-6,12H,1,7H2,(H,11,13);1-5,7H;2,6H,1,3H2,(H,5,7). The van der Waals surface area contributed by atoms with Crippen LogP contribution < -0.4 is 10.6 Å². The number of rotatable bonds is 5. The lowest BCUT2D eigenvalue weighted by Crippen LogP contribution is -2.20. The molecule has 2 rings (SSSR count). The van der Waals surface area contributed by atoms with Gasteiger partial charge in [0, 0.05) is 6.54 Å². The molecular weight excluding hydrogens is 348 g/mol. The van der Waals surface area contributed by atoms with Crippen molar-refractivity contribution in [1.82, 2.24) is 10.6 Å². The second-order valence-corrected chi connectivity index (χ2v) is 4.83. The Labute approximate surface area is 158 Å². The van der Waals surface area contributed by atoms with Crippen molar-refractivity contribution >= 4 is 11.8 Å². The number of carbonyl (C=O) groups excluding carboxylic acids is 2. The third-order valence-corrected chi connectivity index (χ3v) is 2.78. The fourth-order valence-electron chi connectivity index (χ4n) is 1.45. The largest absolute Gasteiger partial charge is 0.508 e. The summed E-state index contributed by atoms with van der Waals surface area (Å²) in [6.45, 7) is 6.61. The summed E-state index contributed by atoms with van der Waals surface area (Å²) in [7, 11) is 0. The van der Waals surface area contributed by atoms with Crippen LogP contribution in [0.2, 0.25) is 0 Å². The van der Waals surface area contributed by atoms with Crippen LogP contribution in [0.3, 0.4) is 0 Å². The second kappa shape index (κ2) is 14.7. The highest BCUT2D eigenvalue weighted by Crippen LogP contribution is 2.08. The predicted octanol–water partition coefficient (Wildman–Crippen LogP) is 1.82. The van der Waals surface area contributed by atoms with Gasteiger partial charge < -0.3 is 26.0 Å². The maximum absolute atomic E-state index is 10.8. The SMILES string of the molecule is C=CC(=O)NCO.C=CC(=O)NCc1ccc(O)cc1.Oc1ccccc1. The molecule has 0 saturated heterocycles. The summed E-state index contributed by atoms with van der Waals surface area (Å²) in [6.07, 6.45) is 2.32. The third-order valence-electron chi connectivity index (χ3n) is 2.78. The Balaban J connectivity index is 0.000000410. The van der Waals surface area contributed by atoms with Crippen molar-refractivity contribution in [1.29, 1.82) is 0 Å². The molecule has 0 spiro atoms. The number of benzene rings is 2. The number of para-hydroxylation sites is 1. The fourth-order valence-corrected chi connectivity index (χ4v) is 1.45. The van der Waals surface area contributed by atoms with Crippen molar-refractivity contribution < 1.29 is 24.9 Å². The Kier molecular flexibility index (Phi) is 12.8. The first-order valence-corrected chi connectivity index (χ1v) is 7.86. The first-order valence-electron chi connectivity index (χ1n) is 7.86. The van der Waals surface area contributed by atoms with Crippen LogP contribution in [-0.2, 0) is 16.1 Å². The number of hydrogen-bond donors (Lipinski definition) is 5. The molecule has 5 N–H and O–H groups in total. The quantitative estimate of drug-likeness (QED) is 0.405. The van der Waals surface area contributed by atoms with Crippen LogP contribution in [-0.4, -0.2) is 33.9 Å². The average Bonchev–Trinajstić information content (AvgIpc) is 2.69. The molecule has 7 nitrogen and oxygen atoms in total. The molecule has 7 heteroatoms.